The molecule has 2 heterocycles. The fourth-order valence-electron chi connectivity index (χ4n) is 2.23. The predicted octanol–water partition coefficient (Wildman–Crippen LogP) is 0.483. The summed E-state index contributed by atoms with van der Waals surface area (Å²) in [6, 6.07) is 0. The first-order chi connectivity index (χ1) is 4.62. The lowest BCUT2D eigenvalue weighted by Gasteiger charge is -2.37. The molecule has 0 N–H and O–H groups in total. The van der Waals surface area contributed by atoms with Crippen molar-refractivity contribution in [2.24, 2.45) is 5.41 Å². The largest absolute Gasteiger partial charge is 0.380 e. The van der Waals surface area contributed by atoms with Crippen LogP contribution < -0.4 is 0 Å². The van der Waals surface area contributed by atoms with E-state index in [9.17, 15) is 0 Å². The number of rotatable bonds is 0. The number of nitrogens with zero attached hydrogens (tertiary/aromatic N) is 1. The molecule has 2 aliphatic rings. The molecule has 2 heteroatoms. The molecule has 0 saturated carbocycles. The summed E-state index contributed by atoms with van der Waals surface area (Å²) in [6.07, 6.45) is 1.38. The third kappa shape index (κ3) is 0.867. The van der Waals surface area contributed by atoms with Gasteiger partial charge in [0.1, 0.15) is 0 Å². The molecule has 0 radical (unpaired) electrons. The van der Waals surface area contributed by atoms with E-state index in [2.05, 4.69) is 14.1 Å². The summed E-state index contributed by atoms with van der Waals surface area (Å²) >= 11 is 0. The Bertz CT molecular complexity index is 149. The Morgan fingerprint density at radius 2 is 2.00 bits per heavy atom. The minimum atomic E-state index is 0.601. The summed E-state index contributed by atoms with van der Waals surface area (Å²) in [5, 5.41) is 0. The molecule has 2 saturated heterocycles. The minimum Gasteiger partial charge on any atom is -0.380 e. The number of quaternary nitrogens is 1. The fourth-order valence-corrected chi connectivity index (χ4v) is 2.23. The van der Waals surface area contributed by atoms with Crippen molar-refractivity contribution in [3.63, 3.8) is 0 Å². The smallest absolute Gasteiger partial charge is 0.0886 e. The van der Waals surface area contributed by atoms with Crippen LogP contribution in [0.15, 0.2) is 0 Å². The van der Waals surface area contributed by atoms with Crippen molar-refractivity contribution >= 4 is 0 Å². The van der Waals surface area contributed by atoms with E-state index in [0.29, 0.717) is 5.41 Å². The average Bonchev–Trinajstić information content (AvgIpc) is 2.04. The van der Waals surface area contributed by atoms with Crippen LogP contribution in [0.1, 0.15) is 6.42 Å². The maximum atomic E-state index is 5.24. The summed E-state index contributed by atoms with van der Waals surface area (Å²) in [6.45, 7) is 4.71. The number of hydrogen-bond donors (Lipinski definition) is 0. The number of ether oxygens (including phenoxy) is 1. The quantitative estimate of drug-likeness (QED) is 0.447. The van der Waals surface area contributed by atoms with Crippen molar-refractivity contribution in [3.8, 4) is 0 Å². The van der Waals surface area contributed by atoms with Crippen LogP contribution in [0, 0.1) is 5.41 Å². The summed E-state index contributed by atoms with van der Waals surface area (Å²) in [4.78, 5) is 0. The normalized spacial score (nSPS) is 34.2. The molecule has 2 rings (SSSR count). The lowest BCUT2D eigenvalue weighted by atomic mass is 9.85. The first kappa shape index (κ1) is 6.62. The van der Waals surface area contributed by atoms with Gasteiger partial charge in [-0.3, -0.25) is 0 Å². The second kappa shape index (κ2) is 1.74. The highest BCUT2D eigenvalue weighted by Gasteiger charge is 2.49. The Balaban J connectivity index is 2.05. The van der Waals surface area contributed by atoms with Gasteiger partial charge in [0.25, 0.3) is 0 Å². The molecule has 0 bridgehead atoms. The highest BCUT2D eigenvalue weighted by atomic mass is 16.5. The van der Waals surface area contributed by atoms with Crippen LogP contribution in [0.2, 0.25) is 0 Å². The number of likely N-dealkylation sites (tertiary alicyclic amines) is 1. The Morgan fingerprint density at radius 3 is 2.20 bits per heavy atom. The van der Waals surface area contributed by atoms with Gasteiger partial charge >= 0.3 is 0 Å². The molecule has 58 valence electrons. The topological polar surface area (TPSA) is 9.23 Å². The predicted molar refractivity (Wildman–Crippen MR) is 39.7 cm³/mol. The maximum Gasteiger partial charge on any atom is 0.0886 e. The van der Waals surface area contributed by atoms with Gasteiger partial charge in [-0.05, 0) is 0 Å². The summed E-state index contributed by atoms with van der Waals surface area (Å²) in [5.74, 6) is 0. The summed E-state index contributed by atoms with van der Waals surface area (Å²) < 4.78 is 6.44. The van der Waals surface area contributed by atoms with Crippen LogP contribution in [0.5, 0.6) is 0 Å². The highest BCUT2D eigenvalue weighted by molar-refractivity contribution is 4.88. The van der Waals surface area contributed by atoms with E-state index in [1.807, 2.05) is 0 Å². The van der Waals surface area contributed by atoms with Gasteiger partial charge in [-0.25, -0.2) is 0 Å². The van der Waals surface area contributed by atoms with Crippen molar-refractivity contribution in [1.29, 1.82) is 0 Å². The molecular weight excluding hydrogens is 126 g/mol. The molecule has 2 fully saturated rings. The zero-order chi connectivity index (χ0) is 7.24. The summed E-state index contributed by atoms with van der Waals surface area (Å²) in [5.41, 5.74) is 0.601. The van der Waals surface area contributed by atoms with Crippen LogP contribution in [-0.4, -0.2) is 44.9 Å². The van der Waals surface area contributed by atoms with Gasteiger partial charge in [0.05, 0.1) is 45.8 Å². The van der Waals surface area contributed by atoms with Crippen LogP contribution >= 0.6 is 0 Å². The van der Waals surface area contributed by atoms with Crippen molar-refractivity contribution in [2.75, 3.05) is 40.4 Å². The molecular formula is C8H16NO+. The second-order valence-corrected chi connectivity index (χ2v) is 4.56. The Labute approximate surface area is 62.4 Å². The second-order valence-electron chi connectivity index (χ2n) is 4.56. The van der Waals surface area contributed by atoms with E-state index < -0.39 is 0 Å². The molecule has 10 heavy (non-hydrogen) atoms. The van der Waals surface area contributed by atoms with Crippen molar-refractivity contribution < 1.29 is 9.22 Å². The highest BCUT2D eigenvalue weighted by Crippen LogP contribution is 2.39. The lowest BCUT2D eigenvalue weighted by molar-refractivity contribution is -0.881. The van der Waals surface area contributed by atoms with Gasteiger partial charge in [-0.1, -0.05) is 0 Å². The molecule has 0 unspecified atom stereocenters. The standard InChI is InChI=1S/C8H16NO/c1-9(2)4-3-8(5-9)6-10-7-8/h3-7H2,1-2H3/q+1. The molecule has 1 spiro atoms. The van der Waals surface area contributed by atoms with Crippen LogP contribution in [-0.2, 0) is 4.74 Å². The zero-order valence-electron chi connectivity index (χ0n) is 6.89. The molecule has 0 atom stereocenters. The van der Waals surface area contributed by atoms with E-state index in [4.69, 9.17) is 4.74 Å². The van der Waals surface area contributed by atoms with Crippen LogP contribution in [0.4, 0.5) is 0 Å². The molecule has 0 aliphatic carbocycles. The SMILES string of the molecule is C[N+]1(C)CCC2(COC2)C1. The Morgan fingerprint density at radius 1 is 1.30 bits per heavy atom. The van der Waals surface area contributed by atoms with Gasteiger partial charge in [0.15, 0.2) is 0 Å². The molecule has 2 aliphatic heterocycles. The third-order valence-electron chi connectivity index (χ3n) is 2.83. The maximum absolute atomic E-state index is 5.24. The van der Waals surface area contributed by atoms with Gasteiger partial charge in [0.2, 0.25) is 0 Å². The summed E-state index contributed by atoms with van der Waals surface area (Å²) in [7, 11) is 4.63. The van der Waals surface area contributed by atoms with Crippen molar-refractivity contribution in [2.45, 2.75) is 6.42 Å². The third-order valence-corrected chi connectivity index (χ3v) is 2.83. The van der Waals surface area contributed by atoms with E-state index in [-0.39, 0.29) is 0 Å². The molecule has 0 aromatic rings. The Hall–Kier alpha value is -0.0800. The van der Waals surface area contributed by atoms with Crippen molar-refractivity contribution in [3.05, 3.63) is 0 Å². The zero-order valence-corrected chi connectivity index (χ0v) is 6.89. The first-order valence-corrected chi connectivity index (χ1v) is 4.02. The molecule has 2 nitrogen and oxygen atoms in total. The van der Waals surface area contributed by atoms with E-state index in [1.165, 1.54) is 24.0 Å². The first-order valence-electron chi connectivity index (χ1n) is 4.02. The van der Waals surface area contributed by atoms with E-state index >= 15 is 0 Å². The van der Waals surface area contributed by atoms with Gasteiger partial charge in [-0.15, -0.1) is 0 Å². The van der Waals surface area contributed by atoms with Crippen molar-refractivity contribution in [1.82, 2.24) is 0 Å². The van der Waals surface area contributed by atoms with Gasteiger partial charge < -0.3 is 9.22 Å². The molecule has 0 aromatic carbocycles. The Kier molecular flexibility index (Phi) is 1.15. The molecule has 0 aromatic heterocycles. The lowest BCUT2D eigenvalue weighted by Crippen LogP contribution is -2.48. The number of hydrogen-bond acceptors (Lipinski definition) is 1. The molecule has 0 amide bonds. The monoisotopic (exact) mass is 142 g/mol. The van der Waals surface area contributed by atoms with Crippen LogP contribution in [0.25, 0.3) is 0 Å². The van der Waals surface area contributed by atoms with Gasteiger partial charge in [0, 0.05) is 6.42 Å². The minimum absolute atomic E-state index is 0.601. The van der Waals surface area contributed by atoms with E-state index in [1.54, 1.807) is 0 Å². The average molecular weight is 142 g/mol. The fraction of sp³-hybridized carbons (Fsp3) is 1.00. The van der Waals surface area contributed by atoms with E-state index in [0.717, 1.165) is 13.2 Å². The van der Waals surface area contributed by atoms with Crippen LogP contribution in [0.3, 0.4) is 0 Å². The van der Waals surface area contributed by atoms with Gasteiger partial charge in [-0.2, -0.15) is 0 Å².